The van der Waals surface area contributed by atoms with Crippen LogP contribution >= 0.6 is 11.6 Å². The lowest BCUT2D eigenvalue weighted by molar-refractivity contribution is 0.415. The quantitative estimate of drug-likeness (QED) is 0.879. The SMILES string of the molecule is COc1ccc(NC(CN)c2ccccc2Cl)cc1. The number of anilines is 1. The lowest BCUT2D eigenvalue weighted by atomic mass is 10.1. The second-order valence-corrected chi connectivity index (χ2v) is 4.59. The van der Waals surface area contributed by atoms with Gasteiger partial charge in [0, 0.05) is 17.3 Å². The van der Waals surface area contributed by atoms with E-state index >= 15 is 0 Å². The van der Waals surface area contributed by atoms with Crippen molar-refractivity contribution in [3.05, 3.63) is 59.1 Å². The molecule has 0 heterocycles. The molecule has 4 heteroatoms. The van der Waals surface area contributed by atoms with Crippen molar-refractivity contribution in [1.82, 2.24) is 0 Å². The first-order valence-corrected chi connectivity index (χ1v) is 6.47. The Kier molecular flexibility index (Phi) is 4.66. The van der Waals surface area contributed by atoms with Crippen LogP contribution in [0.2, 0.25) is 5.02 Å². The topological polar surface area (TPSA) is 47.3 Å². The molecule has 0 aromatic heterocycles. The smallest absolute Gasteiger partial charge is 0.119 e. The fourth-order valence-corrected chi connectivity index (χ4v) is 2.18. The summed E-state index contributed by atoms with van der Waals surface area (Å²) in [6.45, 7) is 0.468. The van der Waals surface area contributed by atoms with Gasteiger partial charge in [-0.2, -0.15) is 0 Å². The Hall–Kier alpha value is -1.71. The van der Waals surface area contributed by atoms with E-state index in [0.717, 1.165) is 22.0 Å². The van der Waals surface area contributed by atoms with Crippen LogP contribution in [0.15, 0.2) is 48.5 Å². The first kappa shape index (κ1) is 13.7. The fourth-order valence-electron chi connectivity index (χ4n) is 1.91. The van der Waals surface area contributed by atoms with Crippen LogP contribution in [-0.2, 0) is 0 Å². The normalized spacial score (nSPS) is 11.9. The molecule has 100 valence electrons. The minimum atomic E-state index is -0.0119. The van der Waals surface area contributed by atoms with Crippen molar-refractivity contribution < 1.29 is 4.74 Å². The summed E-state index contributed by atoms with van der Waals surface area (Å²) in [5.74, 6) is 0.826. The molecule has 0 aliphatic rings. The third-order valence-electron chi connectivity index (χ3n) is 2.95. The number of nitrogens with one attached hydrogen (secondary N) is 1. The zero-order valence-electron chi connectivity index (χ0n) is 10.8. The Labute approximate surface area is 118 Å². The Morgan fingerprint density at radius 2 is 1.84 bits per heavy atom. The van der Waals surface area contributed by atoms with Gasteiger partial charge in [-0.05, 0) is 35.9 Å². The van der Waals surface area contributed by atoms with E-state index in [2.05, 4.69) is 5.32 Å². The molecule has 19 heavy (non-hydrogen) atoms. The van der Waals surface area contributed by atoms with E-state index in [1.807, 2.05) is 48.5 Å². The lowest BCUT2D eigenvalue weighted by Gasteiger charge is -2.20. The van der Waals surface area contributed by atoms with Crippen LogP contribution in [0, 0.1) is 0 Å². The summed E-state index contributed by atoms with van der Waals surface area (Å²) >= 11 is 6.20. The van der Waals surface area contributed by atoms with Crippen molar-refractivity contribution in [2.75, 3.05) is 19.0 Å². The molecule has 0 bridgehead atoms. The van der Waals surface area contributed by atoms with Gasteiger partial charge >= 0.3 is 0 Å². The van der Waals surface area contributed by atoms with E-state index in [4.69, 9.17) is 22.1 Å². The Morgan fingerprint density at radius 1 is 1.16 bits per heavy atom. The molecule has 3 nitrogen and oxygen atoms in total. The van der Waals surface area contributed by atoms with E-state index in [-0.39, 0.29) is 6.04 Å². The van der Waals surface area contributed by atoms with Crippen molar-refractivity contribution in [2.45, 2.75) is 6.04 Å². The highest BCUT2D eigenvalue weighted by Crippen LogP contribution is 2.26. The fraction of sp³-hybridized carbons (Fsp3) is 0.200. The van der Waals surface area contributed by atoms with Gasteiger partial charge < -0.3 is 15.8 Å². The highest BCUT2D eigenvalue weighted by Gasteiger charge is 2.12. The van der Waals surface area contributed by atoms with Crippen LogP contribution in [0.1, 0.15) is 11.6 Å². The maximum Gasteiger partial charge on any atom is 0.119 e. The van der Waals surface area contributed by atoms with E-state index in [1.54, 1.807) is 7.11 Å². The Balaban J connectivity index is 2.17. The van der Waals surface area contributed by atoms with E-state index < -0.39 is 0 Å². The molecule has 0 radical (unpaired) electrons. The molecule has 0 saturated carbocycles. The van der Waals surface area contributed by atoms with Gasteiger partial charge in [0.2, 0.25) is 0 Å². The molecule has 0 amide bonds. The minimum Gasteiger partial charge on any atom is -0.497 e. The second kappa shape index (κ2) is 6.45. The molecule has 0 saturated heterocycles. The zero-order valence-corrected chi connectivity index (χ0v) is 11.5. The average Bonchev–Trinajstić information content (AvgIpc) is 2.46. The van der Waals surface area contributed by atoms with Crippen molar-refractivity contribution in [2.24, 2.45) is 5.73 Å². The number of nitrogens with two attached hydrogens (primary N) is 1. The van der Waals surface area contributed by atoms with Gasteiger partial charge in [-0.1, -0.05) is 29.8 Å². The monoisotopic (exact) mass is 276 g/mol. The van der Waals surface area contributed by atoms with Crippen LogP contribution < -0.4 is 15.8 Å². The summed E-state index contributed by atoms with van der Waals surface area (Å²) in [4.78, 5) is 0. The largest absolute Gasteiger partial charge is 0.497 e. The molecular formula is C15H17ClN2O. The van der Waals surface area contributed by atoms with Gasteiger partial charge in [0.25, 0.3) is 0 Å². The molecule has 0 fully saturated rings. The zero-order chi connectivity index (χ0) is 13.7. The third kappa shape index (κ3) is 3.40. The summed E-state index contributed by atoms with van der Waals surface area (Å²) < 4.78 is 5.13. The molecule has 1 unspecified atom stereocenters. The van der Waals surface area contributed by atoms with Crippen LogP contribution in [0.4, 0.5) is 5.69 Å². The number of hydrogen-bond donors (Lipinski definition) is 2. The number of ether oxygens (including phenoxy) is 1. The Morgan fingerprint density at radius 3 is 2.42 bits per heavy atom. The number of rotatable bonds is 5. The standard InChI is InChI=1S/C15H17ClN2O/c1-19-12-8-6-11(7-9-12)18-15(10-17)13-4-2-3-5-14(13)16/h2-9,15,18H,10,17H2,1H3. The van der Waals surface area contributed by atoms with Crippen LogP contribution in [0.25, 0.3) is 0 Å². The molecule has 1 atom stereocenters. The number of benzene rings is 2. The van der Waals surface area contributed by atoms with Gasteiger partial charge in [0.15, 0.2) is 0 Å². The summed E-state index contributed by atoms with van der Waals surface area (Å²) in [5, 5.41) is 4.09. The average molecular weight is 277 g/mol. The van der Waals surface area contributed by atoms with Gasteiger partial charge in [0.05, 0.1) is 13.2 Å². The number of hydrogen-bond acceptors (Lipinski definition) is 3. The predicted octanol–water partition coefficient (Wildman–Crippen LogP) is 3.46. The molecular weight excluding hydrogens is 260 g/mol. The molecule has 3 N–H and O–H groups in total. The van der Waals surface area contributed by atoms with Crippen LogP contribution in [-0.4, -0.2) is 13.7 Å². The first-order chi connectivity index (χ1) is 9.24. The number of halogens is 1. The summed E-state index contributed by atoms with van der Waals surface area (Å²) in [5.41, 5.74) is 7.82. The molecule has 0 aliphatic carbocycles. The Bertz CT molecular complexity index is 528. The predicted molar refractivity (Wildman–Crippen MR) is 79.9 cm³/mol. The molecule has 2 rings (SSSR count). The first-order valence-electron chi connectivity index (χ1n) is 6.09. The van der Waals surface area contributed by atoms with Crippen LogP contribution in [0.5, 0.6) is 5.75 Å². The van der Waals surface area contributed by atoms with Crippen molar-refractivity contribution in [3.8, 4) is 5.75 Å². The lowest BCUT2D eigenvalue weighted by Crippen LogP contribution is -2.20. The highest BCUT2D eigenvalue weighted by molar-refractivity contribution is 6.31. The highest BCUT2D eigenvalue weighted by atomic mass is 35.5. The summed E-state index contributed by atoms with van der Waals surface area (Å²) in [6.07, 6.45) is 0. The second-order valence-electron chi connectivity index (χ2n) is 4.18. The van der Waals surface area contributed by atoms with Gasteiger partial charge in [-0.3, -0.25) is 0 Å². The van der Waals surface area contributed by atoms with E-state index in [0.29, 0.717) is 6.54 Å². The van der Waals surface area contributed by atoms with Gasteiger partial charge in [0.1, 0.15) is 5.75 Å². The van der Waals surface area contributed by atoms with E-state index in [9.17, 15) is 0 Å². The summed E-state index contributed by atoms with van der Waals surface area (Å²) in [6, 6.07) is 15.4. The van der Waals surface area contributed by atoms with Crippen molar-refractivity contribution >= 4 is 17.3 Å². The van der Waals surface area contributed by atoms with Gasteiger partial charge in [-0.25, -0.2) is 0 Å². The summed E-state index contributed by atoms with van der Waals surface area (Å²) in [7, 11) is 1.65. The van der Waals surface area contributed by atoms with Crippen molar-refractivity contribution in [3.63, 3.8) is 0 Å². The van der Waals surface area contributed by atoms with Crippen molar-refractivity contribution in [1.29, 1.82) is 0 Å². The van der Waals surface area contributed by atoms with E-state index in [1.165, 1.54) is 0 Å². The third-order valence-corrected chi connectivity index (χ3v) is 3.29. The maximum absolute atomic E-state index is 6.20. The number of methoxy groups -OCH3 is 1. The van der Waals surface area contributed by atoms with Gasteiger partial charge in [-0.15, -0.1) is 0 Å². The maximum atomic E-state index is 6.20. The van der Waals surface area contributed by atoms with Crippen LogP contribution in [0.3, 0.4) is 0 Å². The molecule has 0 spiro atoms. The molecule has 2 aromatic carbocycles. The minimum absolute atomic E-state index is 0.0119. The molecule has 0 aliphatic heterocycles. The molecule has 2 aromatic rings.